The molecule has 0 aliphatic rings. The lowest BCUT2D eigenvalue weighted by atomic mass is 10.2. The first-order chi connectivity index (χ1) is 12.7. The Morgan fingerprint density at radius 3 is 2.38 bits per heavy atom. The highest BCUT2D eigenvalue weighted by atomic mass is 32.1. The lowest BCUT2D eigenvalue weighted by Crippen LogP contribution is -2.11. The number of fused-ring (bicyclic) bond motifs is 1. The van der Waals surface area contributed by atoms with Gasteiger partial charge in [-0.3, -0.25) is 4.79 Å². The molecule has 4 rings (SSSR count). The van der Waals surface area contributed by atoms with Crippen LogP contribution in [0.1, 0.15) is 10.4 Å². The topological polar surface area (TPSA) is 51.2 Å². The minimum atomic E-state index is -0.152. The number of hydrogen-bond donors (Lipinski definition) is 1. The molecule has 1 amide bonds. The molecule has 128 valence electrons. The van der Waals surface area contributed by atoms with Crippen molar-refractivity contribution in [2.24, 2.45) is 0 Å². The van der Waals surface area contributed by atoms with Crippen molar-refractivity contribution in [3.05, 3.63) is 78.4 Å². The number of hydrogen-bond acceptors (Lipinski definition) is 4. The summed E-state index contributed by atoms with van der Waals surface area (Å²) < 4.78 is 6.27. The maximum atomic E-state index is 12.3. The molecule has 1 heterocycles. The van der Waals surface area contributed by atoms with E-state index < -0.39 is 0 Å². The van der Waals surface area contributed by atoms with Gasteiger partial charge in [0.1, 0.15) is 10.8 Å². The van der Waals surface area contributed by atoms with E-state index in [2.05, 4.69) is 16.4 Å². The van der Waals surface area contributed by atoms with Crippen LogP contribution in [0.25, 0.3) is 20.8 Å². The van der Waals surface area contributed by atoms with Crippen LogP contribution in [0.4, 0.5) is 5.69 Å². The highest BCUT2D eigenvalue weighted by Gasteiger charge is 2.08. The molecule has 0 fully saturated rings. The number of benzene rings is 3. The standard InChI is InChI=1S/C21H16N2O2S/c1-25-17-12-8-14(9-13-17)20(24)22-16-10-6-15(7-11-16)21-23-18-4-2-3-5-19(18)26-21/h2-13H,1H3,(H,22,24). The summed E-state index contributed by atoms with van der Waals surface area (Å²) in [6, 6.07) is 22.8. The summed E-state index contributed by atoms with van der Waals surface area (Å²) in [5.41, 5.74) is 3.37. The number of carbonyl (C=O) groups excluding carboxylic acids is 1. The Balaban J connectivity index is 1.50. The van der Waals surface area contributed by atoms with E-state index in [4.69, 9.17) is 4.74 Å². The van der Waals surface area contributed by atoms with Gasteiger partial charge in [0, 0.05) is 16.8 Å². The second-order valence-corrected chi connectivity index (χ2v) is 6.78. The third-order valence-corrected chi connectivity index (χ3v) is 5.12. The number of anilines is 1. The number of ether oxygens (including phenoxy) is 1. The highest BCUT2D eigenvalue weighted by Crippen LogP contribution is 2.30. The maximum Gasteiger partial charge on any atom is 0.255 e. The smallest absolute Gasteiger partial charge is 0.255 e. The van der Waals surface area contributed by atoms with E-state index in [0.29, 0.717) is 5.56 Å². The second kappa shape index (κ2) is 6.98. The zero-order valence-electron chi connectivity index (χ0n) is 14.1. The Morgan fingerprint density at radius 1 is 0.962 bits per heavy atom. The predicted octanol–water partition coefficient (Wildman–Crippen LogP) is 5.22. The van der Waals surface area contributed by atoms with E-state index in [1.165, 1.54) is 4.70 Å². The second-order valence-electron chi connectivity index (χ2n) is 5.75. The van der Waals surface area contributed by atoms with Crippen molar-refractivity contribution in [2.45, 2.75) is 0 Å². The Labute approximate surface area is 155 Å². The van der Waals surface area contributed by atoms with Crippen LogP contribution in [0.3, 0.4) is 0 Å². The van der Waals surface area contributed by atoms with E-state index in [9.17, 15) is 4.79 Å². The van der Waals surface area contributed by atoms with Crippen molar-refractivity contribution in [3.8, 4) is 16.3 Å². The predicted molar refractivity (Wildman–Crippen MR) is 106 cm³/mol. The van der Waals surface area contributed by atoms with E-state index in [-0.39, 0.29) is 5.91 Å². The lowest BCUT2D eigenvalue weighted by molar-refractivity contribution is 0.102. The number of nitrogens with one attached hydrogen (secondary N) is 1. The number of rotatable bonds is 4. The van der Waals surface area contributed by atoms with Gasteiger partial charge in [0.2, 0.25) is 0 Å². The quantitative estimate of drug-likeness (QED) is 0.542. The van der Waals surface area contributed by atoms with Gasteiger partial charge in [0.15, 0.2) is 0 Å². The third kappa shape index (κ3) is 3.30. The highest BCUT2D eigenvalue weighted by molar-refractivity contribution is 7.21. The van der Waals surface area contributed by atoms with Gasteiger partial charge in [-0.15, -0.1) is 11.3 Å². The molecule has 4 aromatic rings. The molecule has 0 radical (unpaired) electrons. The molecule has 0 saturated carbocycles. The molecular formula is C21H16N2O2S. The van der Waals surface area contributed by atoms with Crippen LogP contribution in [0, 0.1) is 0 Å². The molecule has 0 saturated heterocycles. The van der Waals surface area contributed by atoms with Gasteiger partial charge >= 0.3 is 0 Å². The molecule has 4 nitrogen and oxygen atoms in total. The molecule has 5 heteroatoms. The first-order valence-electron chi connectivity index (χ1n) is 8.14. The Bertz CT molecular complexity index is 1020. The molecular weight excluding hydrogens is 344 g/mol. The molecule has 0 aliphatic carbocycles. The van der Waals surface area contributed by atoms with E-state index in [1.807, 2.05) is 42.5 Å². The van der Waals surface area contributed by atoms with Crippen molar-refractivity contribution < 1.29 is 9.53 Å². The van der Waals surface area contributed by atoms with Gasteiger partial charge in [0.25, 0.3) is 5.91 Å². The summed E-state index contributed by atoms with van der Waals surface area (Å²) in [6.07, 6.45) is 0. The SMILES string of the molecule is COc1ccc(C(=O)Nc2ccc(-c3nc4ccccc4s3)cc2)cc1. The molecule has 0 unspecified atom stereocenters. The van der Waals surface area contributed by atoms with Crippen LogP contribution in [0.15, 0.2) is 72.8 Å². The number of nitrogens with zero attached hydrogens (tertiary/aromatic N) is 1. The lowest BCUT2D eigenvalue weighted by Gasteiger charge is -2.06. The van der Waals surface area contributed by atoms with Crippen LogP contribution < -0.4 is 10.1 Å². The molecule has 3 aromatic carbocycles. The van der Waals surface area contributed by atoms with E-state index >= 15 is 0 Å². The zero-order chi connectivity index (χ0) is 17.9. The van der Waals surface area contributed by atoms with Gasteiger partial charge < -0.3 is 10.1 Å². The van der Waals surface area contributed by atoms with Crippen LogP contribution in [0.2, 0.25) is 0 Å². The zero-order valence-corrected chi connectivity index (χ0v) is 14.9. The molecule has 0 bridgehead atoms. The normalized spacial score (nSPS) is 10.7. The molecule has 26 heavy (non-hydrogen) atoms. The average Bonchev–Trinajstić information content (AvgIpc) is 3.13. The molecule has 0 aliphatic heterocycles. The average molecular weight is 360 g/mol. The minimum Gasteiger partial charge on any atom is -0.497 e. The summed E-state index contributed by atoms with van der Waals surface area (Å²) >= 11 is 1.66. The van der Waals surface area contributed by atoms with Gasteiger partial charge in [-0.25, -0.2) is 4.98 Å². The number of aromatic nitrogens is 1. The van der Waals surface area contributed by atoms with Crippen molar-refractivity contribution >= 4 is 33.1 Å². The Hall–Kier alpha value is -3.18. The molecule has 1 N–H and O–H groups in total. The minimum absolute atomic E-state index is 0.152. The number of carbonyl (C=O) groups is 1. The van der Waals surface area contributed by atoms with Gasteiger partial charge in [-0.1, -0.05) is 12.1 Å². The van der Waals surface area contributed by atoms with Crippen molar-refractivity contribution in [1.29, 1.82) is 0 Å². The summed E-state index contributed by atoms with van der Waals surface area (Å²) in [4.78, 5) is 17.0. The van der Waals surface area contributed by atoms with Crippen LogP contribution in [-0.2, 0) is 0 Å². The summed E-state index contributed by atoms with van der Waals surface area (Å²) in [5, 5.41) is 3.88. The van der Waals surface area contributed by atoms with E-state index in [1.54, 1.807) is 42.7 Å². The first-order valence-corrected chi connectivity index (χ1v) is 8.96. The molecule has 0 spiro atoms. The fourth-order valence-electron chi connectivity index (χ4n) is 2.64. The number of para-hydroxylation sites is 1. The monoisotopic (exact) mass is 360 g/mol. The third-order valence-electron chi connectivity index (χ3n) is 4.04. The summed E-state index contributed by atoms with van der Waals surface area (Å²) in [5.74, 6) is 0.571. The number of methoxy groups -OCH3 is 1. The fourth-order valence-corrected chi connectivity index (χ4v) is 3.61. The van der Waals surface area contributed by atoms with Crippen LogP contribution >= 0.6 is 11.3 Å². The summed E-state index contributed by atoms with van der Waals surface area (Å²) in [6.45, 7) is 0. The maximum absolute atomic E-state index is 12.3. The van der Waals surface area contributed by atoms with Crippen molar-refractivity contribution in [1.82, 2.24) is 4.98 Å². The fraction of sp³-hybridized carbons (Fsp3) is 0.0476. The molecule has 0 atom stereocenters. The number of amides is 1. The first kappa shape index (κ1) is 16.3. The summed E-state index contributed by atoms with van der Waals surface area (Å²) in [7, 11) is 1.60. The Morgan fingerprint density at radius 2 is 1.69 bits per heavy atom. The van der Waals surface area contributed by atoms with Crippen molar-refractivity contribution in [3.63, 3.8) is 0 Å². The van der Waals surface area contributed by atoms with Crippen LogP contribution in [-0.4, -0.2) is 18.0 Å². The Kier molecular flexibility index (Phi) is 4.37. The van der Waals surface area contributed by atoms with Crippen LogP contribution in [0.5, 0.6) is 5.75 Å². The molecule has 1 aromatic heterocycles. The largest absolute Gasteiger partial charge is 0.497 e. The van der Waals surface area contributed by atoms with E-state index in [0.717, 1.165) is 27.5 Å². The van der Waals surface area contributed by atoms with Crippen molar-refractivity contribution in [2.75, 3.05) is 12.4 Å². The van der Waals surface area contributed by atoms with Gasteiger partial charge in [0.05, 0.1) is 17.3 Å². The number of thiazole rings is 1. The van der Waals surface area contributed by atoms with Gasteiger partial charge in [-0.05, 0) is 60.7 Å². The van der Waals surface area contributed by atoms with Gasteiger partial charge in [-0.2, -0.15) is 0 Å².